The van der Waals surface area contributed by atoms with Gasteiger partial charge in [-0.2, -0.15) is 0 Å². The first-order chi connectivity index (χ1) is 10.1. The molecule has 2 aliphatic rings. The van der Waals surface area contributed by atoms with Crippen molar-refractivity contribution in [1.82, 2.24) is 0 Å². The number of fused-ring (bicyclic) bond motifs is 2. The lowest BCUT2D eigenvalue weighted by molar-refractivity contribution is -0.148. The van der Waals surface area contributed by atoms with Gasteiger partial charge in [0, 0.05) is 5.69 Å². The monoisotopic (exact) mass is 289 g/mol. The first kappa shape index (κ1) is 13.9. The van der Waals surface area contributed by atoms with Crippen LogP contribution in [0.25, 0.3) is 0 Å². The van der Waals surface area contributed by atoms with Crippen molar-refractivity contribution in [3.05, 3.63) is 24.3 Å². The van der Waals surface area contributed by atoms with Gasteiger partial charge >= 0.3 is 5.97 Å². The molecule has 0 aromatic heterocycles. The molecule has 1 aromatic rings. The second-order valence-electron chi connectivity index (χ2n) is 5.94. The van der Waals surface area contributed by atoms with E-state index in [4.69, 9.17) is 4.74 Å². The van der Waals surface area contributed by atoms with Crippen molar-refractivity contribution in [2.24, 2.45) is 23.7 Å². The number of carboxylic acids is 1. The van der Waals surface area contributed by atoms with E-state index in [0.29, 0.717) is 5.69 Å². The smallest absolute Gasteiger partial charge is 0.307 e. The Morgan fingerprint density at radius 1 is 1.14 bits per heavy atom. The van der Waals surface area contributed by atoms with Gasteiger partial charge in [0.25, 0.3) is 0 Å². The zero-order chi connectivity index (χ0) is 15.0. The molecule has 0 radical (unpaired) electrons. The standard InChI is InChI=1S/C16H19NO4/c1-21-12-6-4-11(5-7-12)17-15(18)13-9-2-3-10(8-9)14(13)16(19)20/h4-7,9-10,13-14H,2-3,8H2,1H3,(H,17,18)(H,19,20)/t9-,10+,13+,14+/m1/s1. The van der Waals surface area contributed by atoms with Gasteiger partial charge in [0.1, 0.15) is 5.75 Å². The molecular formula is C16H19NO4. The van der Waals surface area contributed by atoms with Crippen molar-refractivity contribution in [3.63, 3.8) is 0 Å². The Bertz CT molecular complexity index is 554. The highest BCUT2D eigenvalue weighted by atomic mass is 16.5. The van der Waals surface area contributed by atoms with Crippen LogP contribution in [0.5, 0.6) is 5.75 Å². The molecule has 2 fully saturated rings. The second kappa shape index (κ2) is 5.39. The van der Waals surface area contributed by atoms with E-state index in [0.717, 1.165) is 25.0 Å². The summed E-state index contributed by atoms with van der Waals surface area (Å²) in [4.78, 5) is 23.9. The summed E-state index contributed by atoms with van der Waals surface area (Å²) >= 11 is 0. The molecule has 1 amide bonds. The zero-order valence-electron chi connectivity index (χ0n) is 11.9. The van der Waals surface area contributed by atoms with E-state index in [1.807, 2.05) is 0 Å². The molecular weight excluding hydrogens is 270 g/mol. The fourth-order valence-corrected chi connectivity index (χ4v) is 3.92. The number of carboxylic acid groups (broad SMARTS) is 1. The predicted molar refractivity (Wildman–Crippen MR) is 77.1 cm³/mol. The normalized spacial score (nSPS) is 30.1. The van der Waals surface area contributed by atoms with Crippen molar-refractivity contribution in [1.29, 1.82) is 0 Å². The lowest BCUT2D eigenvalue weighted by Gasteiger charge is -2.27. The fourth-order valence-electron chi connectivity index (χ4n) is 3.92. The van der Waals surface area contributed by atoms with E-state index in [-0.39, 0.29) is 17.7 Å². The lowest BCUT2D eigenvalue weighted by atomic mass is 9.78. The number of anilines is 1. The molecule has 0 aliphatic heterocycles. The Labute approximate surface area is 123 Å². The highest BCUT2D eigenvalue weighted by molar-refractivity contribution is 5.96. The molecule has 2 bridgehead atoms. The van der Waals surface area contributed by atoms with Crippen LogP contribution in [0.3, 0.4) is 0 Å². The minimum absolute atomic E-state index is 0.166. The predicted octanol–water partition coefficient (Wildman–Crippen LogP) is 2.38. The minimum atomic E-state index is -0.836. The van der Waals surface area contributed by atoms with Gasteiger partial charge in [-0.1, -0.05) is 0 Å². The van der Waals surface area contributed by atoms with Crippen molar-refractivity contribution < 1.29 is 19.4 Å². The Kier molecular flexibility index (Phi) is 3.57. The van der Waals surface area contributed by atoms with Crippen molar-refractivity contribution >= 4 is 17.6 Å². The van der Waals surface area contributed by atoms with Crippen molar-refractivity contribution in [3.8, 4) is 5.75 Å². The Balaban J connectivity index is 1.73. The maximum atomic E-state index is 12.5. The van der Waals surface area contributed by atoms with Crippen LogP contribution in [0, 0.1) is 23.7 Å². The molecule has 0 unspecified atom stereocenters. The molecule has 2 saturated carbocycles. The van der Waals surface area contributed by atoms with Crippen LogP contribution in [0.4, 0.5) is 5.69 Å². The van der Waals surface area contributed by atoms with Gasteiger partial charge in [0.15, 0.2) is 0 Å². The van der Waals surface area contributed by atoms with Crippen LogP contribution in [0.1, 0.15) is 19.3 Å². The number of hydrogen-bond donors (Lipinski definition) is 2. The number of hydrogen-bond acceptors (Lipinski definition) is 3. The van der Waals surface area contributed by atoms with Crippen LogP contribution in [0.2, 0.25) is 0 Å². The first-order valence-electron chi connectivity index (χ1n) is 7.28. The number of ether oxygens (including phenoxy) is 1. The molecule has 2 N–H and O–H groups in total. The van der Waals surface area contributed by atoms with Crippen LogP contribution in [0.15, 0.2) is 24.3 Å². The minimum Gasteiger partial charge on any atom is -0.497 e. The van der Waals surface area contributed by atoms with Crippen molar-refractivity contribution in [2.45, 2.75) is 19.3 Å². The molecule has 21 heavy (non-hydrogen) atoms. The van der Waals surface area contributed by atoms with Crippen LogP contribution < -0.4 is 10.1 Å². The molecule has 5 heteroatoms. The van der Waals surface area contributed by atoms with Gasteiger partial charge in [0.2, 0.25) is 5.91 Å². The third-order valence-electron chi connectivity index (χ3n) is 4.86. The molecule has 5 nitrogen and oxygen atoms in total. The van der Waals surface area contributed by atoms with E-state index < -0.39 is 17.8 Å². The van der Waals surface area contributed by atoms with Crippen LogP contribution in [-0.4, -0.2) is 24.1 Å². The van der Waals surface area contributed by atoms with E-state index in [1.54, 1.807) is 31.4 Å². The average molecular weight is 289 g/mol. The van der Waals surface area contributed by atoms with Crippen molar-refractivity contribution in [2.75, 3.05) is 12.4 Å². The Morgan fingerprint density at radius 2 is 1.76 bits per heavy atom. The second-order valence-corrected chi connectivity index (χ2v) is 5.94. The SMILES string of the molecule is COc1ccc(NC(=O)[C@H]2[C@@H]3CC[C@@H](C3)[C@@H]2C(=O)O)cc1. The molecule has 112 valence electrons. The Morgan fingerprint density at radius 3 is 2.33 bits per heavy atom. The van der Waals surface area contributed by atoms with Gasteiger partial charge in [-0.05, 0) is 55.4 Å². The quantitative estimate of drug-likeness (QED) is 0.892. The average Bonchev–Trinajstić information content (AvgIpc) is 3.08. The summed E-state index contributed by atoms with van der Waals surface area (Å²) < 4.78 is 5.07. The molecule has 4 atom stereocenters. The molecule has 0 spiro atoms. The van der Waals surface area contributed by atoms with E-state index in [2.05, 4.69) is 5.32 Å². The molecule has 3 rings (SSSR count). The number of amides is 1. The summed E-state index contributed by atoms with van der Waals surface area (Å²) in [5.74, 6) is -0.827. The third-order valence-corrected chi connectivity index (χ3v) is 4.86. The van der Waals surface area contributed by atoms with E-state index in [9.17, 15) is 14.7 Å². The zero-order valence-corrected chi connectivity index (χ0v) is 11.9. The number of rotatable bonds is 4. The summed E-state index contributed by atoms with van der Waals surface area (Å²) in [6, 6.07) is 7.07. The summed E-state index contributed by atoms with van der Waals surface area (Å²) in [6.07, 6.45) is 2.78. The van der Waals surface area contributed by atoms with Gasteiger partial charge in [-0.25, -0.2) is 0 Å². The topological polar surface area (TPSA) is 75.6 Å². The van der Waals surface area contributed by atoms with Gasteiger partial charge < -0.3 is 15.2 Å². The highest BCUT2D eigenvalue weighted by Gasteiger charge is 2.53. The number of aliphatic carboxylic acids is 1. The van der Waals surface area contributed by atoms with Crippen LogP contribution in [-0.2, 0) is 9.59 Å². The lowest BCUT2D eigenvalue weighted by Crippen LogP contribution is -2.37. The number of nitrogens with one attached hydrogen (secondary N) is 1. The maximum Gasteiger partial charge on any atom is 0.307 e. The number of carbonyl (C=O) groups excluding carboxylic acids is 1. The third kappa shape index (κ3) is 2.48. The summed E-state index contributed by atoms with van der Waals surface area (Å²) in [7, 11) is 1.58. The first-order valence-corrected chi connectivity index (χ1v) is 7.28. The van der Waals surface area contributed by atoms with Gasteiger partial charge in [0.05, 0.1) is 18.9 Å². The summed E-state index contributed by atoms with van der Waals surface area (Å²) in [5.41, 5.74) is 0.674. The molecule has 0 heterocycles. The molecule has 0 saturated heterocycles. The summed E-state index contributed by atoms with van der Waals surface area (Å²) in [5, 5.41) is 12.2. The Hall–Kier alpha value is -2.04. The number of benzene rings is 1. The number of methoxy groups -OCH3 is 1. The van der Waals surface area contributed by atoms with Gasteiger partial charge in [-0.15, -0.1) is 0 Å². The number of carbonyl (C=O) groups is 2. The fraction of sp³-hybridized carbons (Fsp3) is 0.500. The van der Waals surface area contributed by atoms with E-state index >= 15 is 0 Å². The highest BCUT2D eigenvalue weighted by Crippen LogP contribution is 2.52. The maximum absolute atomic E-state index is 12.5. The van der Waals surface area contributed by atoms with Gasteiger partial charge in [-0.3, -0.25) is 9.59 Å². The molecule has 1 aromatic carbocycles. The largest absolute Gasteiger partial charge is 0.497 e. The van der Waals surface area contributed by atoms with E-state index in [1.165, 1.54) is 0 Å². The molecule has 2 aliphatic carbocycles. The van der Waals surface area contributed by atoms with Crippen LogP contribution >= 0.6 is 0 Å². The summed E-state index contributed by atoms with van der Waals surface area (Å²) in [6.45, 7) is 0.